The van der Waals surface area contributed by atoms with Gasteiger partial charge in [-0.25, -0.2) is 0 Å². The van der Waals surface area contributed by atoms with Crippen LogP contribution >= 0.6 is 0 Å². The minimum Gasteiger partial charge on any atom is -0.497 e. The molecule has 26 heavy (non-hydrogen) atoms. The third kappa shape index (κ3) is 6.02. The number of rotatable bonds is 9. The summed E-state index contributed by atoms with van der Waals surface area (Å²) in [6.07, 6.45) is 2.91. The maximum absolute atomic E-state index is 5.77. The maximum Gasteiger partial charge on any atom is 0.194 e. The first kappa shape index (κ1) is 19.7. The minimum atomic E-state index is 0.623. The summed E-state index contributed by atoms with van der Waals surface area (Å²) in [6, 6.07) is 11.8. The number of aliphatic imine (C=N–C) groups is 1. The number of aromatic nitrogens is 1. The second-order valence-electron chi connectivity index (χ2n) is 6.08. The van der Waals surface area contributed by atoms with Crippen LogP contribution in [0.5, 0.6) is 11.5 Å². The summed E-state index contributed by atoms with van der Waals surface area (Å²) in [7, 11) is 5.77. The Bertz CT molecular complexity index is 697. The Morgan fingerprint density at radius 1 is 1.23 bits per heavy atom. The molecule has 2 rings (SSSR count). The van der Waals surface area contributed by atoms with Gasteiger partial charge in [-0.2, -0.15) is 0 Å². The van der Waals surface area contributed by atoms with Gasteiger partial charge in [0.1, 0.15) is 11.5 Å². The van der Waals surface area contributed by atoms with E-state index in [1.165, 1.54) is 5.69 Å². The highest BCUT2D eigenvalue weighted by atomic mass is 16.5. The molecule has 0 aliphatic heterocycles. The number of methoxy groups -OCH3 is 1. The van der Waals surface area contributed by atoms with Crippen LogP contribution in [-0.2, 0) is 13.6 Å². The van der Waals surface area contributed by atoms with Crippen LogP contribution in [0.15, 0.2) is 47.6 Å². The number of aryl methyl sites for hydroxylation is 1. The first-order valence-corrected chi connectivity index (χ1v) is 9.00. The van der Waals surface area contributed by atoms with E-state index in [2.05, 4.69) is 54.1 Å². The molecule has 0 saturated carbocycles. The Labute approximate surface area is 156 Å². The fourth-order valence-electron chi connectivity index (χ4n) is 2.58. The number of guanidine groups is 1. The molecule has 1 heterocycles. The van der Waals surface area contributed by atoms with E-state index in [0.717, 1.165) is 37.0 Å². The maximum atomic E-state index is 5.77. The molecule has 1 aromatic carbocycles. The standard InChI is InChI=1S/C20H30N4O2/c1-5-21-20(24(3)16-17-9-7-13-23(17)2)22-12-8-14-26-19-11-6-10-18(15-19)25-4/h6-7,9-11,13,15H,5,8,12,14,16H2,1-4H3,(H,21,22). The van der Waals surface area contributed by atoms with Gasteiger partial charge in [-0.05, 0) is 31.2 Å². The van der Waals surface area contributed by atoms with Gasteiger partial charge in [-0.1, -0.05) is 6.07 Å². The summed E-state index contributed by atoms with van der Waals surface area (Å²) in [5, 5.41) is 3.35. The second kappa shape index (κ2) is 10.4. The van der Waals surface area contributed by atoms with Gasteiger partial charge in [-0.15, -0.1) is 0 Å². The van der Waals surface area contributed by atoms with E-state index < -0.39 is 0 Å². The highest BCUT2D eigenvalue weighted by molar-refractivity contribution is 5.79. The van der Waals surface area contributed by atoms with E-state index >= 15 is 0 Å². The molecule has 0 bridgehead atoms. The van der Waals surface area contributed by atoms with Crippen molar-refractivity contribution in [3.63, 3.8) is 0 Å². The summed E-state index contributed by atoms with van der Waals surface area (Å²) in [5.41, 5.74) is 1.25. The van der Waals surface area contributed by atoms with Gasteiger partial charge in [0, 0.05) is 51.6 Å². The fourth-order valence-corrected chi connectivity index (χ4v) is 2.58. The Balaban J connectivity index is 1.81. The van der Waals surface area contributed by atoms with Crippen LogP contribution < -0.4 is 14.8 Å². The lowest BCUT2D eigenvalue weighted by molar-refractivity contribution is 0.310. The van der Waals surface area contributed by atoms with Crippen LogP contribution in [0.3, 0.4) is 0 Å². The average molecular weight is 358 g/mol. The highest BCUT2D eigenvalue weighted by Gasteiger charge is 2.08. The zero-order chi connectivity index (χ0) is 18.8. The van der Waals surface area contributed by atoms with Gasteiger partial charge < -0.3 is 24.3 Å². The molecule has 0 saturated heterocycles. The molecule has 0 spiro atoms. The first-order chi connectivity index (χ1) is 12.6. The molecule has 142 valence electrons. The fraction of sp³-hybridized carbons (Fsp3) is 0.450. The smallest absolute Gasteiger partial charge is 0.194 e. The lowest BCUT2D eigenvalue weighted by Crippen LogP contribution is -2.39. The highest BCUT2D eigenvalue weighted by Crippen LogP contribution is 2.18. The molecule has 0 atom stereocenters. The predicted molar refractivity (Wildman–Crippen MR) is 106 cm³/mol. The van der Waals surface area contributed by atoms with E-state index in [0.29, 0.717) is 13.2 Å². The monoisotopic (exact) mass is 358 g/mol. The quantitative estimate of drug-likeness (QED) is 0.425. The molecule has 0 fully saturated rings. The zero-order valence-electron chi connectivity index (χ0n) is 16.2. The number of nitrogens with one attached hydrogen (secondary N) is 1. The molecule has 6 nitrogen and oxygen atoms in total. The molecule has 1 aromatic heterocycles. The Morgan fingerprint density at radius 3 is 2.73 bits per heavy atom. The lowest BCUT2D eigenvalue weighted by atomic mass is 10.3. The molecule has 0 aliphatic rings. The van der Waals surface area contributed by atoms with Crippen molar-refractivity contribution in [3.05, 3.63) is 48.3 Å². The van der Waals surface area contributed by atoms with Crippen molar-refractivity contribution >= 4 is 5.96 Å². The zero-order valence-corrected chi connectivity index (χ0v) is 16.2. The van der Waals surface area contributed by atoms with Crippen molar-refractivity contribution in [3.8, 4) is 11.5 Å². The van der Waals surface area contributed by atoms with Crippen molar-refractivity contribution in [1.29, 1.82) is 0 Å². The van der Waals surface area contributed by atoms with Crippen LogP contribution in [0.25, 0.3) is 0 Å². The van der Waals surface area contributed by atoms with Gasteiger partial charge in [0.2, 0.25) is 0 Å². The summed E-state index contributed by atoms with van der Waals surface area (Å²) in [4.78, 5) is 6.85. The number of ether oxygens (including phenoxy) is 2. The van der Waals surface area contributed by atoms with Crippen molar-refractivity contribution < 1.29 is 9.47 Å². The number of benzene rings is 1. The number of nitrogens with zero attached hydrogens (tertiary/aromatic N) is 3. The van der Waals surface area contributed by atoms with Crippen LogP contribution in [0.2, 0.25) is 0 Å². The van der Waals surface area contributed by atoms with Crippen molar-refractivity contribution in [2.75, 3.05) is 33.9 Å². The van der Waals surface area contributed by atoms with E-state index in [9.17, 15) is 0 Å². The third-order valence-electron chi connectivity index (χ3n) is 4.02. The molecule has 0 unspecified atom stereocenters. The molecule has 0 radical (unpaired) electrons. The van der Waals surface area contributed by atoms with Crippen molar-refractivity contribution in [1.82, 2.24) is 14.8 Å². The van der Waals surface area contributed by atoms with E-state index in [1.54, 1.807) is 7.11 Å². The predicted octanol–water partition coefficient (Wildman–Crippen LogP) is 2.90. The van der Waals surface area contributed by atoms with E-state index in [-0.39, 0.29) is 0 Å². The molecule has 6 heteroatoms. The van der Waals surface area contributed by atoms with E-state index in [1.807, 2.05) is 24.3 Å². The lowest BCUT2D eigenvalue weighted by Gasteiger charge is -2.22. The largest absolute Gasteiger partial charge is 0.497 e. The normalized spacial score (nSPS) is 11.3. The summed E-state index contributed by atoms with van der Waals surface area (Å²) in [5.74, 6) is 2.54. The van der Waals surface area contributed by atoms with Gasteiger partial charge >= 0.3 is 0 Å². The van der Waals surface area contributed by atoms with Gasteiger partial charge in [0.15, 0.2) is 5.96 Å². The Morgan fingerprint density at radius 2 is 2.04 bits per heavy atom. The summed E-state index contributed by atoms with van der Waals surface area (Å²) in [6.45, 7) is 5.07. The van der Waals surface area contributed by atoms with Gasteiger partial charge in [-0.3, -0.25) is 4.99 Å². The third-order valence-corrected chi connectivity index (χ3v) is 4.02. The molecule has 0 aliphatic carbocycles. The molecule has 0 amide bonds. The average Bonchev–Trinajstić information content (AvgIpc) is 3.05. The van der Waals surface area contributed by atoms with Crippen molar-refractivity contribution in [2.45, 2.75) is 19.9 Å². The molecular weight excluding hydrogens is 328 g/mol. The van der Waals surface area contributed by atoms with Gasteiger partial charge in [0.05, 0.1) is 20.3 Å². The van der Waals surface area contributed by atoms with Gasteiger partial charge in [0.25, 0.3) is 0 Å². The number of hydrogen-bond acceptors (Lipinski definition) is 3. The summed E-state index contributed by atoms with van der Waals surface area (Å²) >= 11 is 0. The second-order valence-corrected chi connectivity index (χ2v) is 6.08. The van der Waals surface area contributed by atoms with Crippen LogP contribution in [0, 0.1) is 0 Å². The Hall–Kier alpha value is -2.63. The topological polar surface area (TPSA) is 51.0 Å². The molecule has 2 aromatic rings. The Kier molecular flexibility index (Phi) is 7.86. The van der Waals surface area contributed by atoms with Crippen LogP contribution in [-0.4, -0.2) is 49.3 Å². The minimum absolute atomic E-state index is 0.623. The molecular formula is C20H30N4O2. The van der Waals surface area contributed by atoms with Crippen LogP contribution in [0.1, 0.15) is 19.0 Å². The van der Waals surface area contributed by atoms with E-state index in [4.69, 9.17) is 14.5 Å². The SMILES string of the molecule is CCNC(=NCCCOc1cccc(OC)c1)N(C)Cc1cccn1C. The van der Waals surface area contributed by atoms with Crippen LogP contribution in [0.4, 0.5) is 0 Å². The van der Waals surface area contributed by atoms with Crippen molar-refractivity contribution in [2.24, 2.45) is 12.0 Å². The molecule has 1 N–H and O–H groups in total. The summed E-state index contributed by atoms with van der Waals surface area (Å²) < 4.78 is 13.1. The first-order valence-electron chi connectivity index (χ1n) is 9.00. The number of hydrogen-bond donors (Lipinski definition) is 1.